The number of aromatic nitrogens is 3. The maximum absolute atomic E-state index is 12.5. The lowest BCUT2D eigenvalue weighted by atomic mass is 9.88. The van der Waals surface area contributed by atoms with E-state index in [9.17, 15) is 4.79 Å². The minimum absolute atomic E-state index is 0.00342. The van der Waals surface area contributed by atoms with Gasteiger partial charge in [-0.2, -0.15) is 0 Å². The van der Waals surface area contributed by atoms with Crippen molar-refractivity contribution in [2.75, 3.05) is 13.7 Å². The third-order valence-electron chi connectivity index (χ3n) is 5.44. The highest BCUT2D eigenvalue weighted by Gasteiger charge is 2.28. The maximum atomic E-state index is 12.5. The second kappa shape index (κ2) is 7.61. The first-order valence-electron chi connectivity index (χ1n) is 9.02. The largest absolute Gasteiger partial charge is 0.479 e. The van der Waals surface area contributed by atoms with Gasteiger partial charge in [0, 0.05) is 25.7 Å². The lowest BCUT2D eigenvalue weighted by Gasteiger charge is -2.33. The smallest absolute Gasteiger partial charge is 0.242 e. The number of pyridine rings is 1. The number of carbonyl (C=O) groups is 1. The Hall–Kier alpha value is -2.15. The predicted octanol–water partition coefficient (Wildman–Crippen LogP) is 2.02. The Morgan fingerprint density at radius 3 is 2.58 bits per heavy atom. The number of nitrogens with zero attached hydrogens (tertiary/aromatic N) is 3. The summed E-state index contributed by atoms with van der Waals surface area (Å²) in [6.07, 6.45) is 1.00. The first kappa shape index (κ1) is 20.2. The standard InChI is InChI=1S/C19H31N5O2/c1-11(2)19(5,10-20)22-15(25)9-8-14-12(3)16-17(21-13(14)4)24(6)23-18(16)26-7/h11H,8-10,20H2,1-7H3,(H,22,25). The zero-order valence-corrected chi connectivity index (χ0v) is 16.9. The molecule has 2 aromatic heterocycles. The van der Waals surface area contributed by atoms with E-state index in [0.717, 1.165) is 27.9 Å². The van der Waals surface area contributed by atoms with Crippen LogP contribution in [-0.4, -0.2) is 39.9 Å². The van der Waals surface area contributed by atoms with Crippen LogP contribution in [0.1, 0.15) is 44.0 Å². The van der Waals surface area contributed by atoms with Crippen molar-refractivity contribution in [1.29, 1.82) is 0 Å². The third kappa shape index (κ3) is 3.67. The molecule has 1 amide bonds. The molecule has 2 heterocycles. The van der Waals surface area contributed by atoms with E-state index in [0.29, 0.717) is 25.3 Å². The predicted molar refractivity (Wildman–Crippen MR) is 103 cm³/mol. The van der Waals surface area contributed by atoms with Crippen LogP contribution in [0.3, 0.4) is 0 Å². The zero-order chi connectivity index (χ0) is 19.6. The van der Waals surface area contributed by atoms with E-state index in [4.69, 9.17) is 10.5 Å². The highest BCUT2D eigenvalue weighted by atomic mass is 16.5. The Bertz CT molecular complexity index is 812. The molecule has 1 unspecified atom stereocenters. The van der Waals surface area contributed by atoms with Gasteiger partial charge in [-0.05, 0) is 44.2 Å². The van der Waals surface area contributed by atoms with Crippen LogP contribution in [0.4, 0.5) is 0 Å². The first-order valence-corrected chi connectivity index (χ1v) is 9.02. The molecule has 2 aromatic rings. The number of amides is 1. The molecule has 0 aliphatic heterocycles. The van der Waals surface area contributed by atoms with Gasteiger partial charge in [-0.25, -0.2) is 9.67 Å². The SMILES string of the molecule is COc1nn(C)c2nc(C)c(CCC(=O)NC(C)(CN)C(C)C)c(C)c12. The normalized spacial score (nSPS) is 13.9. The molecule has 7 heteroatoms. The second-order valence-corrected chi connectivity index (χ2v) is 7.46. The van der Waals surface area contributed by atoms with Gasteiger partial charge < -0.3 is 15.8 Å². The van der Waals surface area contributed by atoms with Crippen LogP contribution in [0.5, 0.6) is 5.88 Å². The minimum atomic E-state index is -0.393. The first-order chi connectivity index (χ1) is 12.1. The summed E-state index contributed by atoms with van der Waals surface area (Å²) in [6.45, 7) is 10.5. The summed E-state index contributed by atoms with van der Waals surface area (Å²) < 4.78 is 7.11. The van der Waals surface area contributed by atoms with Crippen molar-refractivity contribution in [3.8, 4) is 5.88 Å². The topological polar surface area (TPSA) is 95.1 Å². The van der Waals surface area contributed by atoms with Crippen LogP contribution in [-0.2, 0) is 18.3 Å². The quantitative estimate of drug-likeness (QED) is 0.787. The van der Waals surface area contributed by atoms with E-state index in [2.05, 4.69) is 29.2 Å². The van der Waals surface area contributed by atoms with E-state index in [1.165, 1.54) is 0 Å². The average Bonchev–Trinajstić information content (AvgIpc) is 2.90. The Balaban J connectivity index is 2.25. The molecule has 0 saturated carbocycles. The van der Waals surface area contributed by atoms with Crippen LogP contribution in [0.25, 0.3) is 11.0 Å². The van der Waals surface area contributed by atoms with Gasteiger partial charge in [0.15, 0.2) is 5.65 Å². The summed E-state index contributed by atoms with van der Waals surface area (Å²) in [6, 6.07) is 0. The second-order valence-electron chi connectivity index (χ2n) is 7.46. The summed E-state index contributed by atoms with van der Waals surface area (Å²) in [4.78, 5) is 17.2. The van der Waals surface area contributed by atoms with Crippen molar-refractivity contribution < 1.29 is 9.53 Å². The fourth-order valence-corrected chi connectivity index (χ4v) is 3.16. The summed E-state index contributed by atoms with van der Waals surface area (Å²) >= 11 is 0. The Morgan fingerprint density at radius 2 is 2.04 bits per heavy atom. The van der Waals surface area contributed by atoms with E-state index < -0.39 is 5.54 Å². The van der Waals surface area contributed by atoms with Gasteiger partial charge in [0.25, 0.3) is 0 Å². The van der Waals surface area contributed by atoms with Gasteiger partial charge in [-0.1, -0.05) is 13.8 Å². The highest BCUT2D eigenvalue weighted by Crippen LogP contribution is 2.30. The van der Waals surface area contributed by atoms with Crippen molar-refractivity contribution >= 4 is 16.9 Å². The molecule has 0 aromatic carbocycles. The highest BCUT2D eigenvalue weighted by molar-refractivity contribution is 5.86. The lowest BCUT2D eigenvalue weighted by molar-refractivity contribution is -0.123. The molecular weight excluding hydrogens is 330 g/mol. The lowest BCUT2D eigenvalue weighted by Crippen LogP contribution is -2.55. The fraction of sp³-hybridized carbons (Fsp3) is 0.632. The van der Waals surface area contributed by atoms with Crippen LogP contribution in [0.2, 0.25) is 0 Å². The van der Waals surface area contributed by atoms with Crippen LogP contribution >= 0.6 is 0 Å². The fourth-order valence-electron chi connectivity index (χ4n) is 3.16. The number of aryl methyl sites for hydroxylation is 3. The van der Waals surface area contributed by atoms with Gasteiger partial charge in [-0.3, -0.25) is 4.79 Å². The van der Waals surface area contributed by atoms with Crippen LogP contribution in [0.15, 0.2) is 0 Å². The van der Waals surface area contributed by atoms with Crippen molar-refractivity contribution in [1.82, 2.24) is 20.1 Å². The molecule has 0 aliphatic carbocycles. The molecule has 7 nitrogen and oxygen atoms in total. The van der Waals surface area contributed by atoms with Gasteiger partial charge in [0.05, 0.1) is 18.0 Å². The van der Waals surface area contributed by atoms with Crippen LogP contribution < -0.4 is 15.8 Å². The van der Waals surface area contributed by atoms with Crippen molar-refractivity contribution in [2.24, 2.45) is 18.7 Å². The summed E-state index contributed by atoms with van der Waals surface area (Å²) in [5.74, 6) is 0.829. The molecule has 1 atom stereocenters. The molecule has 2 rings (SSSR count). The zero-order valence-electron chi connectivity index (χ0n) is 16.9. The molecule has 0 radical (unpaired) electrons. The van der Waals surface area contributed by atoms with Gasteiger partial charge >= 0.3 is 0 Å². The number of rotatable bonds is 7. The molecular formula is C19H31N5O2. The number of fused-ring (bicyclic) bond motifs is 1. The number of ether oxygens (including phenoxy) is 1. The molecule has 3 N–H and O–H groups in total. The third-order valence-corrected chi connectivity index (χ3v) is 5.44. The van der Waals surface area contributed by atoms with E-state index >= 15 is 0 Å². The van der Waals surface area contributed by atoms with Gasteiger partial charge in [0.2, 0.25) is 11.8 Å². The molecule has 0 fully saturated rings. The molecule has 144 valence electrons. The summed E-state index contributed by atoms with van der Waals surface area (Å²) in [7, 11) is 3.46. The molecule has 0 bridgehead atoms. The van der Waals surface area contributed by atoms with Crippen LogP contribution in [0, 0.1) is 19.8 Å². The van der Waals surface area contributed by atoms with Crippen molar-refractivity contribution in [3.05, 3.63) is 16.8 Å². The average molecular weight is 361 g/mol. The van der Waals surface area contributed by atoms with Crippen molar-refractivity contribution in [3.63, 3.8) is 0 Å². The minimum Gasteiger partial charge on any atom is -0.479 e. The maximum Gasteiger partial charge on any atom is 0.242 e. The number of methoxy groups -OCH3 is 1. The molecule has 26 heavy (non-hydrogen) atoms. The molecule has 0 saturated heterocycles. The van der Waals surface area contributed by atoms with E-state index in [-0.39, 0.29) is 11.8 Å². The molecule has 0 spiro atoms. The van der Waals surface area contributed by atoms with Gasteiger partial charge in [0.1, 0.15) is 0 Å². The monoisotopic (exact) mass is 361 g/mol. The Morgan fingerprint density at radius 1 is 1.38 bits per heavy atom. The Kier molecular flexibility index (Phi) is 5.91. The number of nitrogens with one attached hydrogen (secondary N) is 1. The van der Waals surface area contributed by atoms with E-state index in [1.807, 2.05) is 27.8 Å². The number of hydrogen-bond acceptors (Lipinski definition) is 5. The summed E-state index contributed by atoms with van der Waals surface area (Å²) in [5, 5.41) is 8.36. The number of carbonyl (C=O) groups excluding carboxylic acids is 1. The number of hydrogen-bond donors (Lipinski definition) is 2. The van der Waals surface area contributed by atoms with Crippen molar-refractivity contribution in [2.45, 2.75) is 53.0 Å². The number of nitrogens with two attached hydrogens (primary N) is 1. The Labute approximate surface area is 155 Å². The molecule has 0 aliphatic rings. The summed E-state index contributed by atoms with van der Waals surface area (Å²) in [5.41, 5.74) is 9.31. The van der Waals surface area contributed by atoms with Gasteiger partial charge in [-0.15, -0.1) is 5.10 Å². The van der Waals surface area contributed by atoms with E-state index in [1.54, 1.807) is 11.8 Å².